The van der Waals surface area contributed by atoms with Crippen LogP contribution in [-0.2, 0) is 4.79 Å². The van der Waals surface area contributed by atoms with Crippen molar-refractivity contribution in [1.29, 1.82) is 0 Å². The molecule has 23 heavy (non-hydrogen) atoms. The number of amides is 2. The van der Waals surface area contributed by atoms with Gasteiger partial charge < -0.3 is 14.6 Å². The first-order chi connectivity index (χ1) is 11.1. The highest BCUT2D eigenvalue weighted by Gasteiger charge is 2.28. The molecule has 0 radical (unpaired) electrons. The van der Waals surface area contributed by atoms with Crippen molar-refractivity contribution >= 4 is 27.7 Å². The van der Waals surface area contributed by atoms with Crippen molar-refractivity contribution in [3.05, 3.63) is 52.7 Å². The zero-order valence-corrected chi connectivity index (χ0v) is 14.0. The standard InChI is InChI=1S/C16H16BrN3O3/c17-14-5-4-13(23-14)16(22)19-9-15(21)20-8-6-11(10-20)12-3-1-2-7-18-12/h1-5,7,11H,6,8-10H2,(H,19,22)/t11-/m1/s1. The van der Waals surface area contributed by atoms with Gasteiger partial charge in [-0.05, 0) is 46.6 Å². The zero-order valence-electron chi connectivity index (χ0n) is 12.4. The van der Waals surface area contributed by atoms with E-state index in [1.54, 1.807) is 23.2 Å². The topological polar surface area (TPSA) is 75.4 Å². The number of nitrogens with zero attached hydrogens (tertiary/aromatic N) is 2. The minimum atomic E-state index is -0.399. The van der Waals surface area contributed by atoms with Crippen LogP contribution in [0.5, 0.6) is 0 Å². The number of hydrogen-bond donors (Lipinski definition) is 1. The van der Waals surface area contributed by atoms with Crippen molar-refractivity contribution in [1.82, 2.24) is 15.2 Å². The number of hydrogen-bond acceptors (Lipinski definition) is 4. The van der Waals surface area contributed by atoms with Gasteiger partial charge in [0.2, 0.25) is 5.91 Å². The first-order valence-electron chi connectivity index (χ1n) is 7.35. The van der Waals surface area contributed by atoms with Crippen molar-refractivity contribution in [3.63, 3.8) is 0 Å². The molecule has 0 bridgehead atoms. The monoisotopic (exact) mass is 377 g/mol. The van der Waals surface area contributed by atoms with Crippen LogP contribution >= 0.6 is 15.9 Å². The molecule has 2 amide bonds. The van der Waals surface area contributed by atoms with Crippen molar-refractivity contribution in [2.75, 3.05) is 19.6 Å². The van der Waals surface area contributed by atoms with Gasteiger partial charge in [-0.1, -0.05) is 6.07 Å². The fourth-order valence-electron chi connectivity index (χ4n) is 2.64. The number of furan rings is 1. The van der Waals surface area contributed by atoms with Gasteiger partial charge in [0.1, 0.15) is 0 Å². The summed E-state index contributed by atoms with van der Waals surface area (Å²) >= 11 is 3.14. The summed E-state index contributed by atoms with van der Waals surface area (Å²) in [6.07, 6.45) is 2.66. The predicted molar refractivity (Wildman–Crippen MR) is 86.9 cm³/mol. The van der Waals surface area contributed by atoms with Crippen LogP contribution in [0.25, 0.3) is 0 Å². The van der Waals surface area contributed by atoms with Gasteiger partial charge in [-0.25, -0.2) is 0 Å². The van der Waals surface area contributed by atoms with Gasteiger partial charge in [-0.2, -0.15) is 0 Å². The Balaban J connectivity index is 1.50. The molecular formula is C16H16BrN3O3. The number of pyridine rings is 1. The maximum atomic E-state index is 12.2. The van der Waals surface area contributed by atoms with Crippen molar-refractivity contribution in [2.24, 2.45) is 0 Å². The molecule has 1 aliphatic heterocycles. The molecule has 2 aromatic heterocycles. The van der Waals surface area contributed by atoms with Crippen LogP contribution in [0.3, 0.4) is 0 Å². The first-order valence-corrected chi connectivity index (χ1v) is 8.15. The molecule has 1 fully saturated rings. The van der Waals surface area contributed by atoms with Crippen molar-refractivity contribution < 1.29 is 14.0 Å². The summed E-state index contributed by atoms with van der Waals surface area (Å²) in [5.74, 6) is -0.0544. The lowest BCUT2D eigenvalue weighted by Gasteiger charge is -2.16. The van der Waals surface area contributed by atoms with Gasteiger partial charge >= 0.3 is 0 Å². The predicted octanol–water partition coefficient (Wildman–Crippen LogP) is 2.18. The van der Waals surface area contributed by atoms with Gasteiger partial charge in [0.15, 0.2) is 10.4 Å². The van der Waals surface area contributed by atoms with Crippen molar-refractivity contribution in [2.45, 2.75) is 12.3 Å². The van der Waals surface area contributed by atoms with Gasteiger partial charge in [0.25, 0.3) is 5.91 Å². The summed E-state index contributed by atoms with van der Waals surface area (Å²) in [6.45, 7) is 1.28. The summed E-state index contributed by atoms with van der Waals surface area (Å²) in [4.78, 5) is 30.2. The van der Waals surface area contributed by atoms with E-state index in [1.165, 1.54) is 0 Å². The Morgan fingerprint density at radius 2 is 2.22 bits per heavy atom. The molecule has 7 heteroatoms. The number of likely N-dealkylation sites (tertiary alicyclic amines) is 1. The minimum absolute atomic E-state index is 0.0356. The Bertz CT molecular complexity index is 702. The molecule has 0 saturated carbocycles. The van der Waals surface area contributed by atoms with E-state index < -0.39 is 5.91 Å². The number of carbonyl (C=O) groups excluding carboxylic acids is 2. The van der Waals surface area contributed by atoms with E-state index in [1.807, 2.05) is 18.2 Å². The summed E-state index contributed by atoms with van der Waals surface area (Å²) in [5, 5.41) is 2.58. The molecule has 1 aliphatic rings. The average molecular weight is 378 g/mol. The summed E-state index contributed by atoms with van der Waals surface area (Å²) in [6, 6.07) is 9.00. The smallest absolute Gasteiger partial charge is 0.287 e. The quantitative estimate of drug-likeness (QED) is 0.885. The van der Waals surface area contributed by atoms with Crippen LogP contribution in [-0.4, -0.2) is 41.3 Å². The molecule has 1 saturated heterocycles. The van der Waals surface area contributed by atoms with Crippen LogP contribution in [0.4, 0.5) is 0 Å². The summed E-state index contributed by atoms with van der Waals surface area (Å²) in [7, 11) is 0. The average Bonchev–Trinajstić information content (AvgIpc) is 3.22. The van der Waals surface area contributed by atoms with Crippen LogP contribution in [0.1, 0.15) is 28.6 Å². The summed E-state index contributed by atoms with van der Waals surface area (Å²) in [5.41, 5.74) is 1.01. The minimum Gasteiger partial charge on any atom is -0.444 e. The van der Waals surface area contributed by atoms with Crippen LogP contribution in [0, 0.1) is 0 Å². The first kappa shape index (κ1) is 15.7. The Morgan fingerprint density at radius 3 is 2.91 bits per heavy atom. The fourth-order valence-corrected chi connectivity index (χ4v) is 2.94. The number of halogens is 1. The maximum Gasteiger partial charge on any atom is 0.287 e. The fraction of sp³-hybridized carbons (Fsp3) is 0.312. The molecule has 6 nitrogen and oxygen atoms in total. The highest BCUT2D eigenvalue weighted by molar-refractivity contribution is 9.10. The largest absolute Gasteiger partial charge is 0.444 e. The molecule has 1 N–H and O–H groups in total. The second-order valence-corrected chi connectivity index (χ2v) is 6.15. The van der Waals surface area contributed by atoms with Crippen molar-refractivity contribution in [3.8, 4) is 0 Å². The van der Waals surface area contributed by atoms with Crippen LogP contribution < -0.4 is 5.32 Å². The molecule has 3 rings (SSSR count). The van der Waals surface area contributed by atoms with E-state index in [-0.39, 0.29) is 24.1 Å². The second kappa shape index (κ2) is 6.95. The molecule has 1 atom stereocenters. The molecule has 0 unspecified atom stereocenters. The molecule has 2 aromatic rings. The van der Waals surface area contributed by atoms with Gasteiger partial charge in [-0.15, -0.1) is 0 Å². The Kier molecular flexibility index (Phi) is 4.76. The molecule has 0 spiro atoms. The van der Waals surface area contributed by atoms with E-state index in [0.29, 0.717) is 17.8 Å². The Labute approximate surface area is 142 Å². The third-order valence-electron chi connectivity index (χ3n) is 3.84. The maximum absolute atomic E-state index is 12.2. The lowest BCUT2D eigenvalue weighted by Crippen LogP contribution is -2.38. The normalized spacial score (nSPS) is 17.3. The second-order valence-electron chi connectivity index (χ2n) is 5.37. The number of aromatic nitrogens is 1. The zero-order chi connectivity index (χ0) is 16.2. The number of carbonyl (C=O) groups is 2. The Morgan fingerprint density at radius 1 is 1.35 bits per heavy atom. The van der Waals surface area contributed by atoms with Gasteiger partial charge in [0.05, 0.1) is 6.54 Å². The molecule has 0 aromatic carbocycles. The Hall–Kier alpha value is -2.15. The molecular weight excluding hydrogens is 362 g/mol. The van der Waals surface area contributed by atoms with E-state index >= 15 is 0 Å². The SMILES string of the molecule is O=C(NCC(=O)N1CC[C@@H](c2ccccn2)C1)c1ccc(Br)o1. The van der Waals surface area contributed by atoms with E-state index in [2.05, 4.69) is 26.2 Å². The molecule has 0 aliphatic carbocycles. The lowest BCUT2D eigenvalue weighted by atomic mass is 10.0. The van der Waals surface area contributed by atoms with Gasteiger partial charge in [-0.3, -0.25) is 14.6 Å². The molecule has 3 heterocycles. The lowest BCUT2D eigenvalue weighted by molar-refractivity contribution is -0.129. The third-order valence-corrected chi connectivity index (χ3v) is 4.27. The number of rotatable bonds is 4. The van der Waals surface area contributed by atoms with E-state index in [9.17, 15) is 9.59 Å². The van der Waals surface area contributed by atoms with E-state index in [4.69, 9.17) is 4.42 Å². The number of nitrogens with one attached hydrogen (secondary N) is 1. The van der Waals surface area contributed by atoms with Crippen LogP contribution in [0.2, 0.25) is 0 Å². The highest BCUT2D eigenvalue weighted by atomic mass is 79.9. The van der Waals surface area contributed by atoms with Crippen LogP contribution in [0.15, 0.2) is 45.6 Å². The molecule has 120 valence electrons. The van der Waals surface area contributed by atoms with Gasteiger partial charge in [0, 0.05) is 30.9 Å². The van der Waals surface area contributed by atoms with E-state index in [0.717, 1.165) is 12.1 Å². The third kappa shape index (κ3) is 3.79. The highest BCUT2D eigenvalue weighted by Crippen LogP contribution is 2.25. The summed E-state index contributed by atoms with van der Waals surface area (Å²) < 4.78 is 5.63.